The Labute approximate surface area is 173 Å². The molecular weight excluding hydrogens is 384 g/mol. The van der Waals surface area contributed by atoms with E-state index >= 15 is 0 Å². The number of carbonyl (C=O) groups is 1. The number of rotatable bonds is 6. The van der Waals surface area contributed by atoms with E-state index in [4.69, 9.17) is 15.0 Å². The number of amides is 1. The predicted molar refractivity (Wildman–Crippen MR) is 116 cm³/mol. The number of aromatic nitrogens is 1. The molecule has 0 unspecified atom stereocenters. The number of nitrogens with zero attached hydrogens (tertiary/aromatic N) is 3. The van der Waals surface area contributed by atoms with Gasteiger partial charge in [0.1, 0.15) is 11.8 Å². The molecule has 1 aliphatic heterocycles. The van der Waals surface area contributed by atoms with Crippen molar-refractivity contribution in [1.29, 1.82) is 5.26 Å². The van der Waals surface area contributed by atoms with Crippen molar-refractivity contribution in [3.05, 3.63) is 54.1 Å². The molecule has 0 spiro atoms. The first-order chi connectivity index (χ1) is 14.2. The van der Waals surface area contributed by atoms with Crippen molar-refractivity contribution in [2.24, 2.45) is 0 Å². The van der Waals surface area contributed by atoms with Crippen LogP contribution in [0.15, 0.2) is 48.5 Å². The molecule has 1 fully saturated rings. The lowest BCUT2D eigenvalue weighted by molar-refractivity contribution is -0.111. The lowest BCUT2D eigenvalue weighted by Crippen LogP contribution is -2.16. The molecule has 6 nitrogen and oxygen atoms in total. The summed E-state index contributed by atoms with van der Waals surface area (Å²) in [5.74, 6) is 0.428. The summed E-state index contributed by atoms with van der Waals surface area (Å²) in [5, 5.41) is 12.5. The van der Waals surface area contributed by atoms with E-state index in [2.05, 4.69) is 10.2 Å². The van der Waals surface area contributed by atoms with Gasteiger partial charge in [0.25, 0.3) is 0 Å². The first-order valence-electron chi connectivity index (χ1n) is 9.46. The second-order valence-electron chi connectivity index (χ2n) is 6.71. The number of ether oxygens (including phenoxy) is 1. The zero-order valence-electron chi connectivity index (χ0n) is 15.8. The molecule has 29 heavy (non-hydrogen) atoms. The Hall–Kier alpha value is -3.37. The fourth-order valence-electron chi connectivity index (χ4n) is 3.18. The van der Waals surface area contributed by atoms with Gasteiger partial charge >= 0.3 is 0 Å². The molecule has 7 heteroatoms. The van der Waals surface area contributed by atoms with Gasteiger partial charge in [0.15, 0.2) is 11.7 Å². The van der Waals surface area contributed by atoms with Crippen LogP contribution in [0.4, 0.5) is 10.8 Å². The molecule has 0 bridgehead atoms. The maximum Gasteiger partial charge on any atom is 0.248 e. The van der Waals surface area contributed by atoms with Crippen LogP contribution in [0.3, 0.4) is 0 Å². The topological polar surface area (TPSA) is 78.2 Å². The second-order valence-corrected chi connectivity index (χ2v) is 7.72. The van der Waals surface area contributed by atoms with E-state index in [1.165, 1.54) is 18.9 Å². The Morgan fingerprint density at radius 2 is 2.03 bits per heavy atom. The highest BCUT2D eigenvalue weighted by atomic mass is 32.1. The maximum absolute atomic E-state index is 12.3. The molecule has 0 aliphatic carbocycles. The van der Waals surface area contributed by atoms with Gasteiger partial charge in [-0.2, -0.15) is 5.26 Å². The predicted octanol–water partition coefficient (Wildman–Crippen LogP) is 4.45. The average molecular weight is 404 g/mol. The summed E-state index contributed by atoms with van der Waals surface area (Å²) in [6.07, 6.45) is 5.68. The first-order valence-corrected chi connectivity index (χ1v) is 10.3. The summed E-state index contributed by atoms with van der Waals surface area (Å²) >= 11 is 1.67. The lowest BCUT2D eigenvalue weighted by Gasteiger charge is -2.11. The van der Waals surface area contributed by atoms with Crippen LogP contribution in [0.2, 0.25) is 0 Å². The molecular formula is C22H20N4O2S. The standard InChI is InChI=1S/C22H20N4O2S/c23-11-14-28-18-7-3-16(4-8-18)5-10-21(27)24-17-6-9-19-20(15-17)29-22(25-19)26-12-1-2-13-26/h3-10,15H,1-2,12-14H2,(H,24,27)/b10-5+. The van der Waals surface area contributed by atoms with E-state index in [0.29, 0.717) is 5.75 Å². The minimum Gasteiger partial charge on any atom is -0.479 e. The van der Waals surface area contributed by atoms with Gasteiger partial charge in [-0.15, -0.1) is 0 Å². The number of anilines is 2. The van der Waals surface area contributed by atoms with Crippen molar-refractivity contribution in [3.63, 3.8) is 0 Å². The fraction of sp³-hybridized carbons (Fsp3) is 0.227. The molecule has 4 rings (SSSR count). The van der Waals surface area contributed by atoms with Crippen LogP contribution in [0.1, 0.15) is 18.4 Å². The van der Waals surface area contributed by atoms with Crippen molar-refractivity contribution >= 4 is 44.4 Å². The molecule has 146 valence electrons. The highest BCUT2D eigenvalue weighted by Gasteiger charge is 2.16. The number of hydrogen-bond donors (Lipinski definition) is 1. The SMILES string of the molecule is N#CCOc1ccc(/C=C/C(=O)Nc2ccc3nc(N4CCCC4)sc3c2)cc1. The van der Waals surface area contributed by atoms with Gasteiger partial charge in [-0.05, 0) is 54.8 Å². The minimum absolute atomic E-state index is 0.0151. The summed E-state index contributed by atoms with van der Waals surface area (Å²) in [5.41, 5.74) is 2.59. The largest absolute Gasteiger partial charge is 0.479 e. The third-order valence-electron chi connectivity index (χ3n) is 4.63. The Morgan fingerprint density at radius 1 is 1.24 bits per heavy atom. The lowest BCUT2D eigenvalue weighted by atomic mass is 10.2. The van der Waals surface area contributed by atoms with Crippen LogP contribution < -0.4 is 15.0 Å². The third kappa shape index (κ3) is 4.73. The number of carbonyl (C=O) groups excluding carboxylic acids is 1. The summed E-state index contributed by atoms with van der Waals surface area (Å²) in [7, 11) is 0. The molecule has 0 atom stereocenters. The van der Waals surface area contributed by atoms with E-state index < -0.39 is 0 Å². The molecule has 1 aromatic heterocycles. The van der Waals surface area contributed by atoms with E-state index in [9.17, 15) is 4.79 Å². The summed E-state index contributed by atoms with van der Waals surface area (Å²) in [4.78, 5) is 19.3. The van der Waals surface area contributed by atoms with E-state index in [1.807, 2.05) is 36.4 Å². The van der Waals surface area contributed by atoms with E-state index in [1.54, 1.807) is 29.5 Å². The Morgan fingerprint density at radius 3 is 2.79 bits per heavy atom. The van der Waals surface area contributed by atoms with Crippen molar-refractivity contribution in [2.75, 3.05) is 29.9 Å². The van der Waals surface area contributed by atoms with Crippen LogP contribution in [-0.2, 0) is 4.79 Å². The molecule has 3 aromatic rings. The van der Waals surface area contributed by atoms with Gasteiger partial charge in [0.2, 0.25) is 5.91 Å². The second kappa shape index (κ2) is 8.76. The van der Waals surface area contributed by atoms with Crippen LogP contribution in [0, 0.1) is 11.3 Å². The molecule has 2 aromatic carbocycles. The van der Waals surface area contributed by atoms with Crippen molar-refractivity contribution in [1.82, 2.24) is 4.98 Å². The normalized spacial score (nSPS) is 13.7. The van der Waals surface area contributed by atoms with Crippen molar-refractivity contribution in [2.45, 2.75) is 12.8 Å². The van der Waals surface area contributed by atoms with Gasteiger partial charge < -0.3 is 15.0 Å². The van der Waals surface area contributed by atoms with Gasteiger partial charge in [0, 0.05) is 24.9 Å². The average Bonchev–Trinajstić information content (AvgIpc) is 3.41. The van der Waals surface area contributed by atoms with Crippen LogP contribution >= 0.6 is 11.3 Å². The number of nitrogens with one attached hydrogen (secondary N) is 1. The van der Waals surface area contributed by atoms with Crippen LogP contribution in [0.25, 0.3) is 16.3 Å². The number of benzene rings is 2. The van der Waals surface area contributed by atoms with Crippen molar-refractivity contribution < 1.29 is 9.53 Å². The summed E-state index contributed by atoms with van der Waals surface area (Å²) < 4.78 is 6.28. The summed E-state index contributed by atoms with van der Waals surface area (Å²) in [6.45, 7) is 2.15. The quantitative estimate of drug-likeness (QED) is 0.614. The molecule has 0 radical (unpaired) electrons. The van der Waals surface area contributed by atoms with Gasteiger partial charge in [-0.1, -0.05) is 23.5 Å². The fourth-order valence-corrected chi connectivity index (χ4v) is 4.24. The van der Waals surface area contributed by atoms with E-state index in [0.717, 1.165) is 39.7 Å². The Bertz CT molecular complexity index is 1080. The van der Waals surface area contributed by atoms with Crippen LogP contribution in [0.5, 0.6) is 5.75 Å². The van der Waals surface area contributed by atoms with E-state index in [-0.39, 0.29) is 12.5 Å². The molecule has 1 saturated heterocycles. The first kappa shape index (κ1) is 19.0. The van der Waals surface area contributed by atoms with Gasteiger partial charge in [0.05, 0.1) is 10.2 Å². The molecule has 1 aliphatic rings. The van der Waals surface area contributed by atoms with Crippen LogP contribution in [-0.4, -0.2) is 30.6 Å². The molecule has 1 N–H and O–H groups in total. The highest BCUT2D eigenvalue weighted by Crippen LogP contribution is 2.32. The Kier molecular flexibility index (Phi) is 5.73. The van der Waals surface area contributed by atoms with Crippen molar-refractivity contribution in [3.8, 4) is 11.8 Å². The monoisotopic (exact) mass is 404 g/mol. The molecule has 2 heterocycles. The summed E-state index contributed by atoms with van der Waals surface area (Å²) in [6, 6.07) is 14.9. The maximum atomic E-state index is 12.3. The molecule has 1 amide bonds. The zero-order chi connectivity index (χ0) is 20.1. The zero-order valence-corrected chi connectivity index (χ0v) is 16.6. The highest BCUT2D eigenvalue weighted by molar-refractivity contribution is 7.22. The minimum atomic E-state index is -0.196. The third-order valence-corrected chi connectivity index (χ3v) is 5.71. The molecule has 0 saturated carbocycles. The van der Waals surface area contributed by atoms with Gasteiger partial charge in [-0.3, -0.25) is 4.79 Å². The van der Waals surface area contributed by atoms with Gasteiger partial charge in [-0.25, -0.2) is 4.98 Å². The number of nitriles is 1. The number of thiazole rings is 1. The number of fused-ring (bicyclic) bond motifs is 1. The number of hydrogen-bond acceptors (Lipinski definition) is 6. The Balaban J connectivity index is 1.39. The smallest absolute Gasteiger partial charge is 0.248 e.